The van der Waals surface area contributed by atoms with Gasteiger partial charge in [-0.25, -0.2) is 8.42 Å². The van der Waals surface area contributed by atoms with Crippen molar-refractivity contribution in [1.82, 2.24) is 9.62 Å². The van der Waals surface area contributed by atoms with E-state index in [9.17, 15) is 8.42 Å². The maximum atomic E-state index is 12.6. The highest BCUT2D eigenvalue weighted by Gasteiger charge is 2.34. The van der Waals surface area contributed by atoms with Crippen LogP contribution in [-0.2, 0) is 10.0 Å². The molecule has 2 rings (SSSR count). The van der Waals surface area contributed by atoms with Gasteiger partial charge in [0.15, 0.2) is 0 Å². The number of likely N-dealkylation sites (N-methyl/N-ethyl adjacent to an activating group) is 1. The predicted octanol–water partition coefficient (Wildman–Crippen LogP) is 0.849. The lowest BCUT2D eigenvalue weighted by Gasteiger charge is -2.36. The van der Waals surface area contributed by atoms with Crippen LogP contribution in [0, 0.1) is 18.3 Å². The second-order valence-corrected chi connectivity index (χ2v) is 6.47. The highest BCUT2D eigenvalue weighted by molar-refractivity contribution is 7.89. The lowest BCUT2D eigenvalue weighted by atomic mass is 10.2. The van der Waals surface area contributed by atoms with E-state index in [1.54, 1.807) is 19.1 Å². The first-order valence-electron chi connectivity index (χ1n) is 6.24. The van der Waals surface area contributed by atoms with Gasteiger partial charge in [0.05, 0.1) is 16.5 Å². The van der Waals surface area contributed by atoms with Crippen LogP contribution in [0.1, 0.15) is 18.1 Å². The third-order valence-corrected chi connectivity index (χ3v) is 5.56. The fourth-order valence-electron chi connectivity index (χ4n) is 2.24. The molecule has 1 aliphatic rings. The van der Waals surface area contributed by atoms with Crippen LogP contribution in [0.15, 0.2) is 23.1 Å². The second-order valence-electron chi connectivity index (χ2n) is 4.61. The van der Waals surface area contributed by atoms with Gasteiger partial charge in [-0.1, -0.05) is 6.92 Å². The zero-order chi connectivity index (χ0) is 14.0. The van der Waals surface area contributed by atoms with Gasteiger partial charge in [-0.15, -0.1) is 0 Å². The van der Waals surface area contributed by atoms with Gasteiger partial charge >= 0.3 is 0 Å². The maximum Gasteiger partial charge on any atom is 0.243 e. The minimum absolute atomic E-state index is 0.0324. The Kier molecular flexibility index (Phi) is 3.90. The van der Waals surface area contributed by atoms with E-state index in [0.29, 0.717) is 35.7 Å². The maximum absolute atomic E-state index is 12.6. The largest absolute Gasteiger partial charge is 0.313 e. The lowest BCUT2D eigenvalue weighted by molar-refractivity contribution is 0.249. The van der Waals surface area contributed by atoms with Gasteiger partial charge in [0.2, 0.25) is 10.0 Å². The van der Waals surface area contributed by atoms with E-state index in [1.807, 2.05) is 13.0 Å². The van der Waals surface area contributed by atoms with Crippen LogP contribution >= 0.6 is 0 Å². The first-order chi connectivity index (χ1) is 9.00. The highest BCUT2D eigenvalue weighted by atomic mass is 32.2. The smallest absolute Gasteiger partial charge is 0.243 e. The van der Waals surface area contributed by atoms with Crippen LogP contribution < -0.4 is 5.32 Å². The standard InChI is InChI=1S/C13H17N3O2S/c1-3-16(12-8-15-9-12)19(17,18)13-5-4-11(7-14)6-10(13)2/h4-6,12,15H,3,8-9H2,1-2H3. The SMILES string of the molecule is CCN(C1CNC1)S(=O)(=O)c1ccc(C#N)cc1C. The Morgan fingerprint density at radius 3 is 2.58 bits per heavy atom. The summed E-state index contributed by atoms with van der Waals surface area (Å²) >= 11 is 0. The van der Waals surface area contributed by atoms with Crippen LogP contribution in [0.2, 0.25) is 0 Å². The number of nitrogens with zero attached hydrogens (tertiary/aromatic N) is 2. The van der Waals surface area contributed by atoms with Crippen LogP contribution in [0.4, 0.5) is 0 Å². The number of benzene rings is 1. The Morgan fingerprint density at radius 2 is 2.16 bits per heavy atom. The molecule has 0 spiro atoms. The molecule has 19 heavy (non-hydrogen) atoms. The van der Waals surface area contributed by atoms with Gasteiger partial charge in [-0.2, -0.15) is 9.57 Å². The molecule has 0 atom stereocenters. The first-order valence-corrected chi connectivity index (χ1v) is 7.68. The number of hydrogen-bond donors (Lipinski definition) is 1. The number of aryl methyl sites for hydroxylation is 1. The molecule has 1 saturated heterocycles. The summed E-state index contributed by atoms with van der Waals surface area (Å²) in [4.78, 5) is 0.292. The summed E-state index contributed by atoms with van der Waals surface area (Å²) in [6.45, 7) is 5.41. The minimum atomic E-state index is -3.48. The van der Waals surface area contributed by atoms with Crippen LogP contribution in [-0.4, -0.2) is 38.4 Å². The van der Waals surface area contributed by atoms with Crippen LogP contribution in [0.3, 0.4) is 0 Å². The molecule has 1 N–H and O–H groups in total. The Bertz CT molecular complexity index is 615. The van der Waals surface area contributed by atoms with Gasteiger partial charge in [0.25, 0.3) is 0 Å². The van der Waals surface area contributed by atoms with E-state index in [1.165, 1.54) is 10.4 Å². The zero-order valence-corrected chi connectivity index (χ0v) is 11.9. The molecule has 1 heterocycles. The number of nitriles is 1. The van der Waals surface area contributed by atoms with Crippen molar-refractivity contribution >= 4 is 10.0 Å². The molecule has 1 fully saturated rings. The first kappa shape index (κ1) is 14.0. The summed E-state index contributed by atoms with van der Waals surface area (Å²) in [6.07, 6.45) is 0. The summed E-state index contributed by atoms with van der Waals surface area (Å²) < 4.78 is 26.8. The van der Waals surface area contributed by atoms with Crippen LogP contribution in [0.5, 0.6) is 0 Å². The molecule has 0 amide bonds. The van der Waals surface area contributed by atoms with Crippen molar-refractivity contribution in [3.63, 3.8) is 0 Å². The molecule has 0 radical (unpaired) electrons. The van der Waals surface area contributed by atoms with E-state index in [0.717, 1.165) is 0 Å². The summed E-state index contributed by atoms with van der Waals surface area (Å²) in [5, 5.41) is 11.9. The van der Waals surface area contributed by atoms with Crippen molar-refractivity contribution in [3.05, 3.63) is 29.3 Å². The normalized spacial score (nSPS) is 16.1. The second kappa shape index (κ2) is 5.29. The minimum Gasteiger partial charge on any atom is -0.313 e. The Labute approximate surface area is 113 Å². The van der Waals surface area contributed by atoms with Gasteiger partial charge in [-0.05, 0) is 30.7 Å². The third-order valence-electron chi connectivity index (χ3n) is 3.37. The van der Waals surface area contributed by atoms with Crippen molar-refractivity contribution in [3.8, 4) is 6.07 Å². The highest BCUT2D eigenvalue weighted by Crippen LogP contribution is 2.23. The Hall–Kier alpha value is -1.42. The molecule has 0 saturated carbocycles. The fourth-order valence-corrected chi connectivity index (χ4v) is 4.08. The van der Waals surface area contributed by atoms with Gasteiger partial charge in [0, 0.05) is 25.7 Å². The monoisotopic (exact) mass is 279 g/mol. The molecule has 1 aliphatic heterocycles. The van der Waals surface area contributed by atoms with E-state index in [4.69, 9.17) is 5.26 Å². The van der Waals surface area contributed by atoms with E-state index in [-0.39, 0.29) is 6.04 Å². The fraction of sp³-hybridized carbons (Fsp3) is 0.462. The average molecular weight is 279 g/mol. The molecule has 1 aromatic carbocycles. The quantitative estimate of drug-likeness (QED) is 0.886. The number of hydrogen-bond acceptors (Lipinski definition) is 4. The van der Waals surface area contributed by atoms with Gasteiger partial charge in [0.1, 0.15) is 0 Å². The molecular weight excluding hydrogens is 262 g/mol. The molecular formula is C13H17N3O2S. The van der Waals surface area contributed by atoms with Crippen molar-refractivity contribution in [2.45, 2.75) is 24.8 Å². The molecule has 102 valence electrons. The molecule has 0 aliphatic carbocycles. The van der Waals surface area contributed by atoms with E-state index >= 15 is 0 Å². The number of nitrogens with one attached hydrogen (secondary N) is 1. The lowest BCUT2D eigenvalue weighted by Crippen LogP contribution is -2.58. The molecule has 0 aromatic heterocycles. The predicted molar refractivity (Wildman–Crippen MR) is 72.1 cm³/mol. The summed E-state index contributed by atoms with van der Waals surface area (Å²) in [5.41, 5.74) is 1.09. The number of rotatable bonds is 4. The molecule has 1 aromatic rings. The Balaban J connectivity index is 2.41. The number of sulfonamides is 1. The van der Waals surface area contributed by atoms with E-state index in [2.05, 4.69) is 5.32 Å². The molecule has 6 heteroatoms. The molecule has 0 unspecified atom stereocenters. The Morgan fingerprint density at radius 1 is 1.47 bits per heavy atom. The average Bonchev–Trinajstić information content (AvgIpc) is 2.32. The summed E-state index contributed by atoms with van der Waals surface area (Å²) in [5.74, 6) is 0. The topological polar surface area (TPSA) is 73.2 Å². The zero-order valence-electron chi connectivity index (χ0n) is 11.0. The van der Waals surface area contributed by atoms with Gasteiger partial charge < -0.3 is 5.32 Å². The van der Waals surface area contributed by atoms with Crippen molar-refractivity contribution in [2.75, 3.05) is 19.6 Å². The molecule has 5 nitrogen and oxygen atoms in total. The summed E-state index contributed by atoms with van der Waals surface area (Å²) in [6, 6.07) is 6.73. The molecule has 0 bridgehead atoms. The van der Waals surface area contributed by atoms with Gasteiger partial charge in [-0.3, -0.25) is 0 Å². The third kappa shape index (κ3) is 2.50. The van der Waals surface area contributed by atoms with Crippen LogP contribution in [0.25, 0.3) is 0 Å². The van der Waals surface area contributed by atoms with Crippen molar-refractivity contribution in [1.29, 1.82) is 5.26 Å². The van der Waals surface area contributed by atoms with Crippen molar-refractivity contribution < 1.29 is 8.42 Å². The summed E-state index contributed by atoms with van der Waals surface area (Å²) in [7, 11) is -3.48. The van der Waals surface area contributed by atoms with E-state index < -0.39 is 10.0 Å². The van der Waals surface area contributed by atoms with Crippen molar-refractivity contribution in [2.24, 2.45) is 0 Å².